The monoisotopic (exact) mass is 445 g/mol. The Labute approximate surface area is 192 Å². The van der Waals surface area contributed by atoms with Crippen LogP contribution < -0.4 is 9.64 Å². The summed E-state index contributed by atoms with van der Waals surface area (Å²) in [5, 5.41) is 6.19. The molecule has 2 fully saturated rings. The average molecular weight is 446 g/mol. The van der Waals surface area contributed by atoms with Crippen molar-refractivity contribution in [2.24, 2.45) is 17.8 Å². The zero-order valence-electron chi connectivity index (χ0n) is 18.4. The van der Waals surface area contributed by atoms with Crippen molar-refractivity contribution in [1.82, 2.24) is 19.0 Å². The van der Waals surface area contributed by atoms with Gasteiger partial charge in [0.1, 0.15) is 10.8 Å². The summed E-state index contributed by atoms with van der Waals surface area (Å²) in [6.07, 6.45) is 5.60. The van der Waals surface area contributed by atoms with Gasteiger partial charge in [0.2, 0.25) is 0 Å². The van der Waals surface area contributed by atoms with Gasteiger partial charge < -0.3 is 9.64 Å². The van der Waals surface area contributed by atoms with Gasteiger partial charge in [-0.15, -0.1) is 0 Å². The second-order valence-electron chi connectivity index (χ2n) is 9.12. The van der Waals surface area contributed by atoms with Crippen molar-refractivity contribution in [1.29, 1.82) is 0 Å². The fourth-order valence-electron chi connectivity index (χ4n) is 5.59. The van der Waals surface area contributed by atoms with E-state index in [1.54, 1.807) is 18.6 Å². The van der Waals surface area contributed by atoms with E-state index in [0.717, 1.165) is 53.6 Å². The molecule has 1 unspecified atom stereocenters. The number of anilines is 1. The van der Waals surface area contributed by atoms with Crippen molar-refractivity contribution in [2.75, 3.05) is 25.1 Å². The summed E-state index contributed by atoms with van der Waals surface area (Å²) in [7, 11) is 1.69. The zero-order chi connectivity index (χ0) is 21.7. The van der Waals surface area contributed by atoms with Crippen molar-refractivity contribution < 1.29 is 4.74 Å². The van der Waals surface area contributed by atoms with Crippen molar-refractivity contribution in [3.05, 3.63) is 60.2 Å². The molecule has 1 saturated heterocycles. The van der Waals surface area contributed by atoms with Gasteiger partial charge in [-0.3, -0.25) is 0 Å². The van der Waals surface area contributed by atoms with E-state index in [0.29, 0.717) is 17.8 Å². The summed E-state index contributed by atoms with van der Waals surface area (Å²) in [4.78, 5) is 7.56. The molecule has 0 N–H and O–H groups in total. The molecule has 0 amide bonds. The van der Waals surface area contributed by atoms with Gasteiger partial charge in [-0.1, -0.05) is 12.1 Å². The number of nitrogens with zero attached hydrogens (tertiary/aromatic N) is 5. The van der Waals surface area contributed by atoms with Crippen LogP contribution in [0.1, 0.15) is 24.4 Å². The fraction of sp³-hybridized carbons (Fsp3) is 0.400. The minimum atomic E-state index is 0.669. The van der Waals surface area contributed by atoms with Gasteiger partial charge >= 0.3 is 0 Å². The minimum absolute atomic E-state index is 0.669. The van der Waals surface area contributed by atoms with Crippen LogP contribution >= 0.6 is 11.5 Å². The third kappa shape index (κ3) is 3.45. The highest BCUT2D eigenvalue weighted by Gasteiger charge is 2.42. The molecule has 1 saturated carbocycles. The molecule has 6 rings (SSSR count). The predicted molar refractivity (Wildman–Crippen MR) is 127 cm³/mol. The number of aromatic nitrogens is 4. The second kappa shape index (κ2) is 7.89. The van der Waals surface area contributed by atoms with Crippen LogP contribution in [-0.2, 0) is 6.42 Å². The van der Waals surface area contributed by atoms with Crippen molar-refractivity contribution in [3.63, 3.8) is 0 Å². The smallest absolute Gasteiger partial charge is 0.163 e. The number of fused-ring (bicyclic) bond motifs is 3. The molecule has 7 heteroatoms. The summed E-state index contributed by atoms with van der Waals surface area (Å²) >= 11 is 1.64. The van der Waals surface area contributed by atoms with Gasteiger partial charge in [-0.2, -0.15) is 9.47 Å². The lowest BCUT2D eigenvalue weighted by Gasteiger charge is -2.38. The van der Waals surface area contributed by atoms with E-state index in [2.05, 4.69) is 40.5 Å². The zero-order valence-corrected chi connectivity index (χ0v) is 19.3. The maximum atomic E-state index is 5.30. The van der Waals surface area contributed by atoms with Gasteiger partial charge in [0.25, 0.3) is 0 Å². The Morgan fingerprint density at radius 2 is 1.88 bits per heavy atom. The standard InChI is InChI=1S/C25H27N5OS/c1-16-12-24(32-28-16)29-14-18-5-6-19(15-29)22(18)13-23-26-25-21(4-3-11-30(25)27-23)17-7-9-20(31-2)10-8-17/h3-4,7-12,18-19,22H,5-6,13-15H2,1-2H3/t18-,19+,22?. The quantitative estimate of drug-likeness (QED) is 0.438. The van der Waals surface area contributed by atoms with Crippen molar-refractivity contribution in [2.45, 2.75) is 26.2 Å². The number of rotatable bonds is 5. The number of benzene rings is 1. The second-order valence-corrected chi connectivity index (χ2v) is 9.91. The molecule has 0 radical (unpaired) electrons. The molecule has 0 spiro atoms. The van der Waals surface area contributed by atoms with Crippen LogP contribution in [0.5, 0.6) is 5.75 Å². The average Bonchev–Trinajstić information content (AvgIpc) is 3.49. The third-order valence-electron chi connectivity index (χ3n) is 7.18. The first-order valence-electron chi connectivity index (χ1n) is 11.3. The molecule has 6 nitrogen and oxygen atoms in total. The molecule has 1 aliphatic heterocycles. The van der Waals surface area contributed by atoms with E-state index in [9.17, 15) is 0 Å². The summed E-state index contributed by atoms with van der Waals surface area (Å²) in [6, 6.07) is 14.5. The number of hydrogen-bond acceptors (Lipinski definition) is 6. The molecular weight excluding hydrogens is 418 g/mol. The van der Waals surface area contributed by atoms with Gasteiger partial charge in [0.15, 0.2) is 11.5 Å². The van der Waals surface area contributed by atoms with E-state index in [4.69, 9.17) is 14.8 Å². The van der Waals surface area contributed by atoms with E-state index in [1.165, 1.54) is 17.8 Å². The highest BCUT2D eigenvalue weighted by Crippen LogP contribution is 2.45. The van der Waals surface area contributed by atoms with Gasteiger partial charge in [-0.05, 0) is 84.9 Å². The Balaban J connectivity index is 1.24. The van der Waals surface area contributed by atoms with Crippen LogP contribution in [0.25, 0.3) is 16.8 Å². The number of pyridine rings is 1. The van der Waals surface area contributed by atoms with Crippen LogP contribution in [-0.4, -0.2) is 39.2 Å². The number of hydrogen-bond donors (Lipinski definition) is 0. The number of piperidine rings is 1. The molecule has 2 bridgehead atoms. The molecular formula is C25H27N5OS. The first kappa shape index (κ1) is 19.7. The van der Waals surface area contributed by atoms with Crippen LogP contribution in [0.4, 0.5) is 5.00 Å². The molecule has 1 aromatic carbocycles. The van der Waals surface area contributed by atoms with Gasteiger partial charge in [0.05, 0.1) is 12.8 Å². The SMILES string of the molecule is COc1ccc(-c2cccn3nc(CC4[C@@H]5CC[C@H]4CN(c4cc(C)ns4)C5)nc23)cc1. The Hall–Kier alpha value is -2.93. The van der Waals surface area contributed by atoms with E-state index >= 15 is 0 Å². The summed E-state index contributed by atoms with van der Waals surface area (Å²) in [6.45, 7) is 4.34. The van der Waals surface area contributed by atoms with E-state index in [1.807, 2.05) is 28.9 Å². The Morgan fingerprint density at radius 3 is 2.56 bits per heavy atom. The molecule has 3 atom stereocenters. The molecule has 3 aromatic heterocycles. The van der Waals surface area contributed by atoms with Crippen LogP contribution in [0, 0.1) is 24.7 Å². The van der Waals surface area contributed by atoms with E-state index < -0.39 is 0 Å². The maximum Gasteiger partial charge on any atom is 0.163 e. The molecule has 1 aliphatic carbocycles. The summed E-state index contributed by atoms with van der Waals surface area (Å²) in [5.41, 5.74) is 4.29. The van der Waals surface area contributed by atoms with Gasteiger partial charge in [-0.25, -0.2) is 9.50 Å². The lowest BCUT2D eigenvalue weighted by molar-refractivity contribution is 0.266. The molecule has 32 heavy (non-hydrogen) atoms. The Kier molecular flexibility index (Phi) is 4.86. The maximum absolute atomic E-state index is 5.30. The molecule has 2 aliphatic rings. The molecule has 4 heterocycles. The lowest BCUT2D eigenvalue weighted by Crippen LogP contribution is -2.42. The Bertz CT molecular complexity index is 1230. The first-order valence-corrected chi connectivity index (χ1v) is 12.1. The molecule has 4 aromatic rings. The van der Waals surface area contributed by atoms with Crippen LogP contribution in [0.15, 0.2) is 48.7 Å². The predicted octanol–water partition coefficient (Wildman–Crippen LogP) is 4.87. The van der Waals surface area contributed by atoms with Gasteiger partial charge in [0, 0.05) is 31.3 Å². The fourth-order valence-corrected chi connectivity index (χ4v) is 6.37. The number of aryl methyl sites for hydroxylation is 1. The Morgan fingerprint density at radius 1 is 1.09 bits per heavy atom. The highest BCUT2D eigenvalue weighted by atomic mass is 32.1. The minimum Gasteiger partial charge on any atom is -0.497 e. The van der Waals surface area contributed by atoms with E-state index in [-0.39, 0.29) is 0 Å². The number of ether oxygens (including phenoxy) is 1. The van der Waals surface area contributed by atoms with Crippen molar-refractivity contribution >= 4 is 22.2 Å². The van der Waals surface area contributed by atoms with Crippen LogP contribution in [0.2, 0.25) is 0 Å². The summed E-state index contributed by atoms with van der Waals surface area (Å²) in [5.74, 6) is 3.92. The lowest BCUT2D eigenvalue weighted by atomic mass is 9.82. The normalized spacial score (nSPS) is 22.6. The molecule has 164 valence electrons. The largest absolute Gasteiger partial charge is 0.497 e. The van der Waals surface area contributed by atoms with Crippen molar-refractivity contribution in [3.8, 4) is 16.9 Å². The number of methoxy groups -OCH3 is 1. The third-order valence-corrected chi connectivity index (χ3v) is 8.12. The topological polar surface area (TPSA) is 55.6 Å². The van der Waals surface area contributed by atoms with Crippen LogP contribution in [0.3, 0.4) is 0 Å². The first-order chi connectivity index (χ1) is 15.7. The summed E-state index contributed by atoms with van der Waals surface area (Å²) < 4.78 is 11.7. The highest BCUT2D eigenvalue weighted by molar-refractivity contribution is 7.10.